The minimum Gasteiger partial charge on any atom is -0.328 e. The number of rotatable bonds is 4. The summed E-state index contributed by atoms with van der Waals surface area (Å²) in [5, 5.41) is 0. The quantitative estimate of drug-likeness (QED) is 0.802. The van der Waals surface area contributed by atoms with Crippen molar-refractivity contribution in [3.05, 3.63) is 35.4 Å². The molecule has 2 N–H and O–H groups in total. The first-order chi connectivity index (χ1) is 6.95. The lowest BCUT2D eigenvalue weighted by Crippen LogP contribution is -2.28. The van der Waals surface area contributed by atoms with Gasteiger partial charge in [0.05, 0.1) is 0 Å². The molecule has 0 aliphatic rings. The normalized spacial score (nSPS) is 13.9. The Labute approximate surface area is 93.7 Å². The summed E-state index contributed by atoms with van der Waals surface area (Å²) in [5.41, 5.74) is 8.84. The van der Waals surface area contributed by atoms with E-state index in [0.717, 1.165) is 12.8 Å². The molecule has 0 aromatic heterocycles. The molecule has 1 nitrogen and oxygen atoms in total. The van der Waals surface area contributed by atoms with E-state index in [0.29, 0.717) is 0 Å². The lowest BCUT2D eigenvalue weighted by atomic mass is 9.79. The molecule has 1 aromatic rings. The maximum atomic E-state index is 5.87. The Morgan fingerprint density at radius 2 is 1.73 bits per heavy atom. The van der Waals surface area contributed by atoms with Crippen molar-refractivity contribution in [2.45, 2.75) is 52.0 Å². The molecule has 15 heavy (non-hydrogen) atoms. The van der Waals surface area contributed by atoms with Crippen LogP contribution in [0.25, 0.3) is 0 Å². The van der Waals surface area contributed by atoms with E-state index in [2.05, 4.69) is 52.0 Å². The number of hydrogen-bond donors (Lipinski definition) is 1. The summed E-state index contributed by atoms with van der Waals surface area (Å²) >= 11 is 0. The summed E-state index contributed by atoms with van der Waals surface area (Å²) in [7, 11) is 0. The fourth-order valence-electron chi connectivity index (χ4n) is 2.11. The van der Waals surface area contributed by atoms with Crippen molar-refractivity contribution >= 4 is 0 Å². The standard InChI is InChI=1S/C14H23N/c1-5-12-6-8-13(9-7-12)14(3,4)10-11(2)15/h6-9,11H,5,10,15H2,1-4H3/t11-/m0/s1. The third kappa shape index (κ3) is 3.35. The fraction of sp³-hybridized carbons (Fsp3) is 0.571. The molecule has 0 aliphatic carbocycles. The van der Waals surface area contributed by atoms with Gasteiger partial charge in [0.15, 0.2) is 0 Å². The Kier molecular flexibility index (Phi) is 3.92. The Bertz CT molecular complexity index is 296. The predicted molar refractivity (Wildman–Crippen MR) is 67.1 cm³/mol. The molecule has 0 fully saturated rings. The highest BCUT2D eigenvalue weighted by molar-refractivity contribution is 5.28. The third-order valence-electron chi connectivity index (χ3n) is 2.98. The van der Waals surface area contributed by atoms with Gasteiger partial charge in [0.25, 0.3) is 0 Å². The summed E-state index contributed by atoms with van der Waals surface area (Å²) < 4.78 is 0. The lowest BCUT2D eigenvalue weighted by Gasteiger charge is -2.27. The second-order valence-electron chi connectivity index (χ2n) is 5.12. The highest BCUT2D eigenvalue weighted by Gasteiger charge is 2.21. The number of hydrogen-bond acceptors (Lipinski definition) is 1. The van der Waals surface area contributed by atoms with Crippen LogP contribution in [-0.4, -0.2) is 6.04 Å². The van der Waals surface area contributed by atoms with E-state index in [4.69, 9.17) is 5.73 Å². The number of benzene rings is 1. The van der Waals surface area contributed by atoms with Crippen LogP contribution >= 0.6 is 0 Å². The molecule has 0 saturated carbocycles. The van der Waals surface area contributed by atoms with Crippen molar-refractivity contribution in [3.63, 3.8) is 0 Å². The van der Waals surface area contributed by atoms with Crippen LogP contribution in [0.4, 0.5) is 0 Å². The van der Waals surface area contributed by atoms with E-state index in [1.165, 1.54) is 11.1 Å². The highest BCUT2D eigenvalue weighted by atomic mass is 14.6. The molecule has 84 valence electrons. The maximum absolute atomic E-state index is 5.87. The lowest BCUT2D eigenvalue weighted by molar-refractivity contribution is 0.437. The van der Waals surface area contributed by atoms with Crippen LogP contribution in [-0.2, 0) is 11.8 Å². The van der Waals surface area contributed by atoms with Crippen molar-refractivity contribution in [3.8, 4) is 0 Å². The van der Waals surface area contributed by atoms with Gasteiger partial charge in [-0.25, -0.2) is 0 Å². The van der Waals surface area contributed by atoms with Gasteiger partial charge in [-0.15, -0.1) is 0 Å². The minimum absolute atomic E-state index is 0.181. The van der Waals surface area contributed by atoms with Crippen LogP contribution in [0.2, 0.25) is 0 Å². The molecule has 0 spiro atoms. The Morgan fingerprint density at radius 1 is 1.20 bits per heavy atom. The summed E-state index contributed by atoms with van der Waals surface area (Å²) in [5.74, 6) is 0. The van der Waals surface area contributed by atoms with Gasteiger partial charge < -0.3 is 5.73 Å². The smallest absolute Gasteiger partial charge is 0.00187 e. The first-order valence-corrected chi connectivity index (χ1v) is 5.80. The zero-order chi connectivity index (χ0) is 11.5. The predicted octanol–water partition coefficient (Wildman–Crippen LogP) is 3.26. The van der Waals surface area contributed by atoms with Gasteiger partial charge in [-0.2, -0.15) is 0 Å². The minimum atomic E-state index is 0.181. The van der Waals surface area contributed by atoms with Gasteiger partial charge in [-0.05, 0) is 36.3 Å². The average molecular weight is 205 g/mol. The summed E-state index contributed by atoms with van der Waals surface area (Å²) in [4.78, 5) is 0. The van der Waals surface area contributed by atoms with Gasteiger partial charge in [0.1, 0.15) is 0 Å². The van der Waals surface area contributed by atoms with Gasteiger partial charge in [0.2, 0.25) is 0 Å². The van der Waals surface area contributed by atoms with Crippen molar-refractivity contribution in [2.24, 2.45) is 5.73 Å². The Hall–Kier alpha value is -0.820. The molecule has 0 radical (unpaired) electrons. The van der Waals surface area contributed by atoms with Gasteiger partial charge in [0, 0.05) is 6.04 Å². The van der Waals surface area contributed by atoms with Crippen LogP contribution < -0.4 is 5.73 Å². The van der Waals surface area contributed by atoms with Gasteiger partial charge >= 0.3 is 0 Å². The molecule has 0 bridgehead atoms. The molecule has 1 heteroatoms. The van der Waals surface area contributed by atoms with E-state index < -0.39 is 0 Å². The van der Waals surface area contributed by atoms with Crippen LogP contribution in [0.3, 0.4) is 0 Å². The van der Waals surface area contributed by atoms with E-state index in [1.54, 1.807) is 0 Å². The zero-order valence-electron chi connectivity index (χ0n) is 10.4. The fourth-order valence-corrected chi connectivity index (χ4v) is 2.11. The summed E-state index contributed by atoms with van der Waals surface area (Å²) in [6.07, 6.45) is 2.13. The molecule has 0 unspecified atom stereocenters. The SMILES string of the molecule is CCc1ccc(C(C)(C)C[C@H](C)N)cc1. The number of nitrogens with two attached hydrogens (primary N) is 1. The van der Waals surface area contributed by atoms with Gasteiger partial charge in [-0.1, -0.05) is 45.0 Å². The van der Waals surface area contributed by atoms with Crippen molar-refractivity contribution < 1.29 is 0 Å². The van der Waals surface area contributed by atoms with Crippen molar-refractivity contribution in [2.75, 3.05) is 0 Å². The summed E-state index contributed by atoms with van der Waals surface area (Å²) in [6.45, 7) is 8.78. The number of aryl methyl sites for hydroxylation is 1. The second kappa shape index (κ2) is 4.80. The largest absolute Gasteiger partial charge is 0.328 e. The van der Waals surface area contributed by atoms with Crippen LogP contribution in [0.1, 0.15) is 45.2 Å². The van der Waals surface area contributed by atoms with Gasteiger partial charge in [-0.3, -0.25) is 0 Å². The van der Waals surface area contributed by atoms with E-state index in [1.807, 2.05) is 0 Å². The molecular weight excluding hydrogens is 182 g/mol. The molecular formula is C14H23N. The van der Waals surface area contributed by atoms with Crippen LogP contribution in [0.15, 0.2) is 24.3 Å². The maximum Gasteiger partial charge on any atom is 0.00187 e. The van der Waals surface area contributed by atoms with Crippen molar-refractivity contribution in [1.29, 1.82) is 0 Å². The Morgan fingerprint density at radius 3 is 2.13 bits per heavy atom. The second-order valence-corrected chi connectivity index (χ2v) is 5.12. The molecule has 0 heterocycles. The molecule has 0 amide bonds. The molecule has 1 rings (SSSR count). The van der Waals surface area contributed by atoms with Crippen molar-refractivity contribution in [1.82, 2.24) is 0 Å². The van der Waals surface area contributed by atoms with E-state index in [9.17, 15) is 0 Å². The first-order valence-electron chi connectivity index (χ1n) is 5.80. The first kappa shape index (κ1) is 12.3. The van der Waals surface area contributed by atoms with Crippen LogP contribution in [0, 0.1) is 0 Å². The monoisotopic (exact) mass is 205 g/mol. The average Bonchev–Trinajstić information content (AvgIpc) is 2.16. The molecule has 1 aromatic carbocycles. The topological polar surface area (TPSA) is 26.0 Å². The van der Waals surface area contributed by atoms with E-state index >= 15 is 0 Å². The molecule has 0 aliphatic heterocycles. The summed E-state index contributed by atoms with van der Waals surface area (Å²) in [6, 6.07) is 9.17. The Balaban J connectivity index is 2.85. The molecule has 1 atom stereocenters. The zero-order valence-corrected chi connectivity index (χ0v) is 10.4. The molecule has 0 saturated heterocycles. The third-order valence-corrected chi connectivity index (χ3v) is 2.98. The van der Waals surface area contributed by atoms with E-state index in [-0.39, 0.29) is 11.5 Å². The van der Waals surface area contributed by atoms with Crippen LogP contribution in [0.5, 0.6) is 0 Å². The highest BCUT2D eigenvalue weighted by Crippen LogP contribution is 2.28.